The van der Waals surface area contributed by atoms with Gasteiger partial charge in [-0.2, -0.15) is 0 Å². The molecule has 1 aromatic rings. The maximum absolute atomic E-state index is 10.3. The first-order chi connectivity index (χ1) is 12.2. The van der Waals surface area contributed by atoms with Gasteiger partial charge in [0.05, 0.1) is 33.0 Å². The predicted octanol–water partition coefficient (Wildman–Crippen LogP) is 1.95. The molecule has 1 rings (SSSR count). The number of rotatable bonds is 12. The normalized spacial score (nSPS) is 12.2. The average molecular weight is 481 g/mol. The minimum atomic E-state index is -0.678. The zero-order valence-electron chi connectivity index (χ0n) is 15.9. The first-order valence-electron chi connectivity index (χ1n) is 8.62. The summed E-state index contributed by atoms with van der Waals surface area (Å²) >= 11 is 0. The molecular formula is C18H32IN3O4. The average Bonchev–Trinajstić information content (AvgIpc) is 2.65. The summed E-state index contributed by atoms with van der Waals surface area (Å²) in [7, 11) is 3.26. The number of hydrogen-bond acceptors (Lipinski definition) is 5. The number of hydrogen-bond donors (Lipinski definition) is 3. The van der Waals surface area contributed by atoms with Gasteiger partial charge in [-0.25, -0.2) is 0 Å². The van der Waals surface area contributed by atoms with Crippen molar-refractivity contribution in [2.75, 3.05) is 53.7 Å². The summed E-state index contributed by atoms with van der Waals surface area (Å²) in [6.45, 7) is 5.66. The van der Waals surface area contributed by atoms with Crippen molar-refractivity contribution in [1.82, 2.24) is 10.6 Å². The van der Waals surface area contributed by atoms with Gasteiger partial charge < -0.3 is 30.0 Å². The van der Waals surface area contributed by atoms with Crippen molar-refractivity contribution >= 4 is 29.9 Å². The fourth-order valence-electron chi connectivity index (χ4n) is 2.10. The van der Waals surface area contributed by atoms with E-state index >= 15 is 0 Å². The summed E-state index contributed by atoms with van der Waals surface area (Å²) in [5.41, 5.74) is 0.783. The Kier molecular flexibility index (Phi) is 15.4. The lowest BCUT2D eigenvalue weighted by Gasteiger charge is -2.14. The molecule has 0 saturated heterocycles. The largest absolute Gasteiger partial charge is 0.497 e. The van der Waals surface area contributed by atoms with Crippen LogP contribution in [-0.2, 0) is 9.47 Å². The molecular weight excluding hydrogens is 449 g/mol. The van der Waals surface area contributed by atoms with Crippen molar-refractivity contribution in [2.45, 2.75) is 19.4 Å². The molecule has 150 valence electrons. The standard InChI is InChI=1S/C18H31N3O4.HI/c1-4-19-18(20-9-6-10-25-12-11-23-2)21-14-17(22)15-7-5-8-16(13-15)24-3;/h5,7-8,13,17,22H,4,6,9-12,14H2,1-3H3,(H2,19,20,21);1H. The van der Waals surface area contributed by atoms with E-state index in [2.05, 4.69) is 15.6 Å². The number of nitrogens with one attached hydrogen (secondary N) is 2. The molecule has 0 aromatic heterocycles. The van der Waals surface area contributed by atoms with Gasteiger partial charge in [0.2, 0.25) is 0 Å². The topological polar surface area (TPSA) is 84.3 Å². The van der Waals surface area contributed by atoms with E-state index in [9.17, 15) is 5.11 Å². The molecule has 0 saturated carbocycles. The summed E-state index contributed by atoms with van der Waals surface area (Å²) in [6, 6.07) is 7.38. The third-order valence-electron chi connectivity index (χ3n) is 3.43. The fraction of sp³-hybridized carbons (Fsp3) is 0.611. The fourth-order valence-corrected chi connectivity index (χ4v) is 2.10. The number of nitrogens with zero attached hydrogens (tertiary/aromatic N) is 1. The number of benzene rings is 1. The van der Waals surface area contributed by atoms with Gasteiger partial charge in [0, 0.05) is 26.8 Å². The van der Waals surface area contributed by atoms with Gasteiger partial charge >= 0.3 is 0 Å². The Bertz CT molecular complexity index is 503. The SMILES string of the molecule is CCNC(=NCC(O)c1cccc(OC)c1)NCCCOCCOC.I. The van der Waals surface area contributed by atoms with Crippen molar-refractivity contribution in [1.29, 1.82) is 0 Å². The molecule has 0 aliphatic heterocycles. The third-order valence-corrected chi connectivity index (χ3v) is 3.43. The van der Waals surface area contributed by atoms with Gasteiger partial charge in [-0.3, -0.25) is 4.99 Å². The summed E-state index contributed by atoms with van der Waals surface area (Å²) in [5, 5.41) is 16.7. The zero-order valence-corrected chi connectivity index (χ0v) is 18.2. The van der Waals surface area contributed by atoms with Gasteiger partial charge in [0.15, 0.2) is 5.96 Å². The van der Waals surface area contributed by atoms with Crippen LogP contribution in [0.25, 0.3) is 0 Å². The molecule has 1 unspecified atom stereocenters. The number of methoxy groups -OCH3 is 2. The highest BCUT2D eigenvalue weighted by Gasteiger charge is 2.08. The number of aliphatic imine (C=N–C) groups is 1. The Morgan fingerprint density at radius 1 is 1.19 bits per heavy atom. The van der Waals surface area contributed by atoms with Crippen LogP contribution in [0.4, 0.5) is 0 Å². The second kappa shape index (κ2) is 16.1. The Morgan fingerprint density at radius 3 is 2.69 bits per heavy atom. The van der Waals surface area contributed by atoms with Crippen LogP contribution in [-0.4, -0.2) is 64.7 Å². The van der Waals surface area contributed by atoms with E-state index < -0.39 is 6.10 Å². The van der Waals surface area contributed by atoms with E-state index in [1.165, 1.54) is 0 Å². The smallest absolute Gasteiger partial charge is 0.191 e. The third kappa shape index (κ3) is 10.8. The molecule has 7 nitrogen and oxygen atoms in total. The molecule has 0 radical (unpaired) electrons. The molecule has 0 fully saturated rings. The number of guanidine groups is 1. The second-order valence-electron chi connectivity index (χ2n) is 5.40. The minimum Gasteiger partial charge on any atom is -0.497 e. The Labute approximate surface area is 173 Å². The van der Waals surface area contributed by atoms with Crippen LogP contribution in [0.1, 0.15) is 25.0 Å². The molecule has 1 atom stereocenters. The van der Waals surface area contributed by atoms with E-state index in [0.29, 0.717) is 25.8 Å². The molecule has 0 amide bonds. The minimum absolute atomic E-state index is 0. The Balaban J connectivity index is 0.00000625. The summed E-state index contributed by atoms with van der Waals surface area (Å²) in [6.07, 6.45) is 0.190. The van der Waals surface area contributed by atoms with Crippen LogP contribution in [0.2, 0.25) is 0 Å². The predicted molar refractivity (Wildman–Crippen MR) is 115 cm³/mol. The summed E-state index contributed by atoms with van der Waals surface area (Å²) in [4.78, 5) is 4.44. The van der Waals surface area contributed by atoms with Gasteiger partial charge in [0.25, 0.3) is 0 Å². The van der Waals surface area contributed by atoms with E-state index in [1.807, 2.05) is 31.2 Å². The van der Waals surface area contributed by atoms with Gasteiger partial charge in [-0.05, 0) is 31.0 Å². The Morgan fingerprint density at radius 2 is 2.00 bits per heavy atom. The monoisotopic (exact) mass is 481 g/mol. The first-order valence-corrected chi connectivity index (χ1v) is 8.62. The van der Waals surface area contributed by atoms with E-state index in [4.69, 9.17) is 14.2 Å². The lowest BCUT2D eigenvalue weighted by molar-refractivity contribution is 0.0698. The zero-order chi connectivity index (χ0) is 18.3. The number of halogens is 1. The van der Waals surface area contributed by atoms with Crippen LogP contribution in [0, 0.1) is 0 Å². The van der Waals surface area contributed by atoms with Gasteiger partial charge in [0.1, 0.15) is 5.75 Å². The molecule has 26 heavy (non-hydrogen) atoms. The first kappa shape index (κ1) is 24.9. The van der Waals surface area contributed by atoms with E-state index in [-0.39, 0.29) is 30.5 Å². The maximum Gasteiger partial charge on any atom is 0.191 e. The van der Waals surface area contributed by atoms with E-state index in [1.54, 1.807) is 14.2 Å². The molecule has 8 heteroatoms. The number of aliphatic hydroxyl groups excluding tert-OH is 1. The highest BCUT2D eigenvalue weighted by molar-refractivity contribution is 14.0. The van der Waals surface area contributed by atoms with Crippen LogP contribution in [0.3, 0.4) is 0 Å². The molecule has 0 aliphatic carbocycles. The van der Waals surface area contributed by atoms with E-state index in [0.717, 1.165) is 30.8 Å². The van der Waals surface area contributed by atoms with Gasteiger partial charge in [-0.1, -0.05) is 12.1 Å². The summed E-state index contributed by atoms with van der Waals surface area (Å²) in [5.74, 6) is 1.40. The van der Waals surface area contributed by atoms with Crippen LogP contribution >= 0.6 is 24.0 Å². The van der Waals surface area contributed by atoms with Crippen LogP contribution in [0.5, 0.6) is 5.75 Å². The maximum atomic E-state index is 10.3. The van der Waals surface area contributed by atoms with Crippen LogP contribution in [0.15, 0.2) is 29.3 Å². The number of aliphatic hydroxyl groups is 1. The Hall–Kier alpha value is -1.10. The van der Waals surface area contributed by atoms with Crippen molar-refractivity contribution in [2.24, 2.45) is 4.99 Å². The molecule has 1 aromatic carbocycles. The number of ether oxygens (including phenoxy) is 3. The van der Waals surface area contributed by atoms with Crippen molar-refractivity contribution < 1.29 is 19.3 Å². The van der Waals surface area contributed by atoms with Gasteiger partial charge in [-0.15, -0.1) is 24.0 Å². The molecule has 0 heterocycles. The van der Waals surface area contributed by atoms with Crippen LogP contribution < -0.4 is 15.4 Å². The van der Waals surface area contributed by atoms with Crippen molar-refractivity contribution in [3.05, 3.63) is 29.8 Å². The highest BCUT2D eigenvalue weighted by Crippen LogP contribution is 2.19. The second-order valence-corrected chi connectivity index (χ2v) is 5.40. The molecule has 0 spiro atoms. The molecule has 0 aliphatic rings. The van der Waals surface area contributed by atoms with Crippen molar-refractivity contribution in [3.8, 4) is 5.75 Å². The summed E-state index contributed by atoms with van der Waals surface area (Å²) < 4.78 is 15.5. The lowest BCUT2D eigenvalue weighted by atomic mass is 10.1. The highest BCUT2D eigenvalue weighted by atomic mass is 127. The lowest BCUT2D eigenvalue weighted by Crippen LogP contribution is -2.38. The quantitative estimate of drug-likeness (QED) is 0.183. The molecule has 3 N–H and O–H groups in total. The van der Waals surface area contributed by atoms with Crippen molar-refractivity contribution in [3.63, 3.8) is 0 Å². The molecule has 0 bridgehead atoms.